The first-order chi connectivity index (χ1) is 6.40. The van der Waals surface area contributed by atoms with Crippen LogP contribution in [0.5, 0.6) is 0 Å². The van der Waals surface area contributed by atoms with Crippen molar-refractivity contribution in [1.82, 2.24) is 5.32 Å². The molecule has 1 saturated heterocycles. The van der Waals surface area contributed by atoms with Crippen LogP contribution < -0.4 is 5.32 Å². The number of hydrogen-bond acceptors (Lipinski definition) is 3. The molecule has 2 atom stereocenters. The minimum Gasteiger partial charge on any atom is -0.378 e. The van der Waals surface area contributed by atoms with Crippen LogP contribution in [0.25, 0.3) is 0 Å². The molecule has 2 nitrogen and oxygen atoms in total. The Morgan fingerprint density at radius 3 is 2.62 bits per heavy atom. The lowest BCUT2D eigenvalue weighted by Gasteiger charge is -2.37. The highest BCUT2D eigenvalue weighted by Gasteiger charge is 2.28. The molecule has 0 spiro atoms. The fourth-order valence-electron chi connectivity index (χ4n) is 2.20. The Morgan fingerprint density at radius 2 is 2.00 bits per heavy atom. The van der Waals surface area contributed by atoms with Crippen LogP contribution in [0.15, 0.2) is 0 Å². The van der Waals surface area contributed by atoms with Crippen LogP contribution in [0.2, 0.25) is 0 Å². The molecule has 0 aromatic carbocycles. The van der Waals surface area contributed by atoms with Crippen molar-refractivity contribution in [1.29, 1.82) is 0 Å². The van der Waals surface area contributed by atoms with E-state index in [-0.39, 0.29) is 0 Å². The summed E-state index contributed by atoms with van der Waals surface area (Å²) in [5.74, 6) is 0. The highest BCUT2D eigenvalue weighted by atomic mass is 32.2. The molecule has 0 aromatic heterocycles. The Balaban J connectivity index is 1.79. The number of nitrogens with one attached hydrogen (secondary N) is 1. The van der Waals surface area contributed by atoms with Crippen molar-refractivity contribution in [3.05, 3.63) is 0 Å². The van der Waals surface area contributed by atoms with Crippen molar-refractivity contribution < 1.29 is 4.74 Å². The number of ether oxygens (including phenoxy) is 1. The second-order valence-electron chi connectivity index (χ2n) is 4.07. The van der Waals surface area contributed by atoms with E-state index < -0.39 is 0 Å². The Labute approximate surface area is 84.8 Å². The number of thioether (sulfide) groups is 1. The van der Waals surface area contributed by atoms with E-state index in [2.05, 4.69) is 11.6 Å². The zero-order valence-corrected chi connectivity index (χ0v) is 9.11. The third kappa shape index (κ3) is 2.39. The smallest absolute Gasteiger partial charge is 0.0643 e. The van der Waals surface area contributed by atoms with Gasteiger partial charge in [-0.2, -0.15) is 11.8 Å². The maximum Gasteiger partial charge on any atom is 0.0643 e. The lowest BCUT2D eigenvalue weighted by Crippen LogP contribution is -2.54. The summed E-state index contributed by atoms with van der Waals surface area (Å²) in [6.45, 7) is 1.86. The molecule has 2 unspecified atom stereocenters. The normalized spacial score (nSPS) is 35.8. The van der Waals surface area contributed by atoms with Crippen molar-refractivity contribution in [2.75, 3.05) is 19.5 Å². The van der Waals surface area contributed by atoms with Crippen LogP contribution in [0.3, 0.4) is 0 Å². The van der Waals surface area contributed by atoms with E-state index in [4.69, 9.17) is 4.74 Å². The van der Waals surface area contributed by atoms with Crippen LogP contribution in [0, 0.1) is 0 Å². The van der Waals surface area contributed by atoms with Crippen molar-refractivity contribution in [2.45, 2.75) is 43.0 Å². The van der Waals surface area contributed by atoms with E-state index in [1.54, 1.807) is 0 Å². The molecule has 1 aliphatic heterocycles. The van der Waals surface area contributed by atoms with Gasteiger partial charge in [-0.15, -0.1) is 0 Å². The molecule has 0 bridgehead atoms. The predicted octanol–water partition coefficient (Wildman–Crippen LogP) is 1.65. The molecule has 76 valence electrons. The first kappa shape index (κ1) is 9.81. The summed E-state index contributed by atoms with van der Waals surface area (Å²) in [7, 11) is 0. The fraction of sp³-hybridized carbons (Fsp3) is 1.00. The Bertz CT molecular complexity index is 161. The van der Waals surface area contributed by atoms with Gasteiger partial charge in [0, 0.05) is 11.3 Å². The average Bonchev–Trinajstić information content (AvgIpc) is 2.12. The van der Waals surface area contributed by atoms with Crippen LogP contribution in [-0.4, -0.2) is 36.8 Å². The quantitative estimate of drug-likeness (QED) is 0.750. The second-order valence-corrected chi connectivity index (χ2v) is 5.14. The summed E-state index contributed by atoms with van der Waals surface area (Å²) in [6.07, 6.45) is 7.82. The van der Waals surface area contributed by atoms with Gasteiger partial charge in [0.1, 0.15) is 0 Å². The van der Waals surface area contributed by atoms with Gasteiger partial charge in [0.15, 0.2) is 0 Å². The van der Waals surface area contributed by atoms with E-state index in [9.17, 15) is 0 Å². The first-order valence-corrected chi connectivity index (χ1v) is 6.55. The molecule has 13 heavy (non-hydrogen) atoms. The van der Waals surface area contributed by atoms with Crippen molar-refractivity contribution >= 4 is 11.8 Å². The third-order valence-electron chi connectivity index (χ3n) is 3.09. The Morgan fingerprint density at radius 1 is 1.23 bits per heavy atom. The van der Waals surface area contributed by atoms with E-state index >= 15 is 0 Å². The van der Waals surface area contributed by atoms with Crippen molar-refractivity contribution in [2.24, 2.45) is 0 Å². The molecular formula is C10H19NOS. The van der Waals surface area contributed by atoms with Crippen molar-refractivity contribution in [3.8, 4) is 0 Å². The van der Waals surface area contributed by atoms with Gasteiger partial charge in [0.25, 0.3) is 0 Å². The fourth-order valence-corrected chi connectivity index (χ4v) is 3.15. The molecule has 1 heterocycles. The second kappa shape index (κ2) is 4.67. The molecule has 0 radical (unpaired) electrons. The lowest BCUT2D eigenvalue weighted by molar-refractivity contribution is -0.0114. The molecule has 0 aromatic rings. The lowest BCUT2D eigenvalue weighted by atomic mass is 9.94. The van der Waals surface area contributed by atoms with Crippen LogP contribution in [-0.2, 0) is 4.74 Å². The zero-order valence-electron chi connectivity index (χ0n) is 8.29. The van der Waals surface area contributed by atoms with Gasteiger partial charge in [0.05, 0.1) is 19.3 Å². The van der Waals surface area contributed by atoms with Gasteiger partial charge < -0.3 is 10.1 Å². The summed E-state index contributed by atoms with van der Waals surface area (Å²) >= 11 is 2.03. The Kier molecular flexibility index (Phi) is 3.52. The van der Waals surface area contributed by atoms with Gasteiger partial charge in [0.2, 0.25) is 0 Å². The average molecular weight is 201 g/mol. The predicted molar refractivity (Wildman–Crippen MR) is 57.3 cm³/mol. The highest BCUT2D eigenvalue weighted by Crippen LogP contribution is 2.27. The monoisotopic (exact) mass is 201 g/mol. The van der Waals surface area contributed by atoms with Gasteiger partial charge in [-0.25, -0.2) is 0 Å². The summed E-state index contributed by atoms with van der Waals surface area (Å²) in [6, 6.07) is 1.40. The first-order valence-electron chi connectivity index (χ1n) is 5.26. The topological polar surface area (TPSA) is 21.3 Å². The molecular weight excluding hydrogens is 182 g/mol. The highest BCUT2D eigenvalue weighted by molar-refractivity contribution is 7.99. The molecule has 1 saturated carbocycles. The standard InChI is InChI=1S/C10H19NOS/c1-13-10-5-3-2-4-9(10)11-8-6-12-7-8/h8-11H,2-7H2,1H3. The summed E-state index contributed by atoms with van der Waals surface area (Å²) in [5.41, 5.74) is 0. The number of hydrogen-bond donors (Lipinski definition) is 1. The maximum absolute atomic E-state index is 5.18. The Hall–Kier alpha value is 0.270. The van der Waals surface area contributed by atoms with E-state index in [0.29, 0.717) is 6.04 Å². The molecule has 1 aliphatic carbocycles. The summed E-state index contributed by atoms with van der Waals surface area (Å²) in [5, 5.41) is 4.55. The number of rotatable bonds is 3. The molecule has 1 N–H and O–H groups in total. The molecule has 3 heteroatoms. The summed E-state index contributed by atoms with van der Waals surface area (Å²) < 4.78 is 5.18. The van der Waals surface area contributed by atoms with Gasteiger partial charge in [-0.1, -0.05) is 12.8 Å². The van der Waals surface area contributed by atoms with Gasteiger partial charge in [-0.3, -0.25) is 0 Å². The summed E-state index contributed by atoms with van der Waals surface area (Å²) in [4.78, 5) is 0. The molecule has 2 aliphatic rings. The third-order valence-corrected chi connectivity index (χ3v) is 4.26. The molecule has 2 fully saturated rings. The van der Waals surface area contributed by atoms with E-state index in [1.165, 1.54) is 25.7 Å². The molecule has 0 amide bonds. The zero-order chi connectivity index (χ0) is 9.10. The van der Waals surface area contributed by atoms with Crippen LogP contribution in [0.4, 0.5) is 0 Å². The van der Waals surface area contributed by atoms with E-state index in [0.717, 1.165) is 24.5 Å². The van der Waals surface area contributed by atoms with Crippen LogP contribution in [0.1, 0.15) is 25.7 Å². The van der Waals surface area contributed by atoms with Crippen LogP contribution >= 0.6 is 11.8 Å². The SMILES string of the molecule is CSC1CCCCC1NC1COC1. The van der Waals surface area contributed by atoms with Crippen molar-refractivity contribution in [3.63, 3.8) is 0 Å². The largest absolute Gasteiger partial charge is 0.378 e. The molecule has 2 rings (SSSR count). The van der Waals surface area contributed by atoms with E-state index in [1.807, 2.05) is 11.8 Å². The van der Waals surface area contributed by atoms with Gasteiger partial charge in [-0.05, 0) is 19.1 Å². The maximum atomic E-state index is 5.18. The van der Waals surface area contributed by atoms with Gasteiger partial charge >= 0.3 is 0 Å². The minimum atomic E-state index is 0.651. The minimum absolute atomic E-state index is 0.651.